The Balaban J connectivity index is 2.45. The summed E-state index contributed by atoms with van der Waals surface area (Å²) in [7, 11) is 0. The number of rotatable bonds is 3. The second kappa shape index (κ2) is 5.22. The van der Waals surface area contributed by atoms with Crippen molar-refractivity contribution < 1.29 is 4.39 Å². The van der Waals surface area contributed by atoms with Crippen LogP contribution in [0.15, 0.2) is 28.1 Å². The van der Waals surface area contributed by atoms with Crippen LogP contribution in [-0.4, -0.2) is 4.98 Å². The maximum Gasteiger partial charge on any atom is 0.128 e. The van der Waals surface area contributed by atoms with E-state index >= 15 is 0 Å². The van der Waals surface area contributed by atoms with E-state index in [1.165, 1.54) is 17.4 Å². The van der Waals surface area contributed by atoms with Gasteiger partial charge in [0.15, 0.2) is 0 Å². The van der Waals surface area contributed by atoms with Gasteiger partial charge in [-0.05, 0) is 25.1 Å². The van der Waals surface area contributed by atoms with E-state index in [1.807, 2.05) is 12.3 Å². The minimum Gasteiger partial charge on any atom is -0.271 e. The van der Waals surface area contributed by atoms with E-state index in [-0.39, 0.29) is 5.82 Å². The van der Waals surface area contributed by atoms with Crippen molar-refractivity contribution >= 4 is 27.3 Å². The fourth-order valence-electron chi connectivity index (χ4n) is 1.58. The summed E-state index contributed by atoms with van der Waals surface area (Å²) in [5, 5.41) is 2.80. The molecule has 3 N–H and O–H groups in total. The molecule has 17 heavy (non-hydrogen) atoms. The number of hydrazine groups is 1. The van der Waals surface area contributed by atoms with E-state index < -0.39 is 6.04 Å². The number of hydrogen-bond acceptors (Lipinski definition) is 4. The number of nitrogens with zero attached hydrogens (tertiary/aromatic N) is 1. The number of aryl methyl sites for hydroxylation is 1. The highest BCUT2D eigenvalue weighted by Gasteiger charge is 2.19. The fourth-order valence-corrected chi connectivity index (χ4v) is 2.60. The van der Waals surface area contributed by atoms with Crippen molar-refractivity contribution in [2.75, 3.05) is 0 Å². The summed E-state index contributed by atoms with van der Waals surface area (Å²) in [4.78, 5) is 4.32. The van der Waals surface area contributed by atoms with Gasteiger partial charge in [-0.3, -0.25) is 5.84 Å². The van der Waals surface area contributed by atoms with Crippen molar-refractivity contribution in [1.82, 2.24) is 10.4 Å². The van der Waals surface area contributed by atoms with Crippen LogP contribution in [-0.2, 0) is 0 Å². The van der Waals surface area contributed by atoms with Gasteiger partial charge < -0.3 is 0 Å². The van der Waals surface area contributed by atoms with Gasteiger partial charge in [0.1, 0.15) is 5.82 Å². The van der Waals surface area contributed by atoms with Gasteiger partial charge in [-0.2, -0.15) is 0 Å². The summed E-state index contributed by atoms with van der Waals surface area (Å²) in [5.41, 5.74) is 3.81. The molecule has 0 saturated heterocycles. The topological polar surface area (TPSA) is 50.9 Å². The summed E-state index contributed by atoms with van der Waals surface area (Å²) in [6, 6.07) is 4.33. The zero-order chi connectivity index (χ0) is 12.4. The zero-order valence-electron chi connectivity index (χ0n) is 9.08. The lowest BCUT2D eigenvalue weighted by Crippen LogP contribution is -2.29. The standard InChI is InChI=1S/C11H11BrFN3S/c1-6-15-10(5-17-6)11(16-14)8-4-7(12)2-3-9(8)13/h2-5,11,16H,14H2,1H3. The average molecular weight is 316 g/mol. The van der Waals surface area contributed by atoms with Gasteiger partial charge in [0.25, 0.3) is 0 Å². The third-order valence-corrected chi connectivity index (χ3v) is 3.65. The molecule has 1 unspecified atom stereocenters. The molecule has 1 aromatic heterocycles. The second-order valence-electron chi connectivity index (χ2n) is 3.56. The van der Waals surface area contributed by atoms with Crippen LogP contribution in [0.3, 0.4) is 0 Å². The Kier molecular flexibility index (Phi) is 3.88. The summed E-state index contributed by atoms with van der Waals surface area (Å²) in [6.45, 7) is 1.90. The minimum absolute atomic E-state index is 0.304. The first kappa shape index (κ1) is 12.6. The van der Waals surface area contributed by atoms with E-state index in [0.717, 1.165) is 15.2 Å². The maximum absolute atomic E-state index is 13.8. The summed E-state index contributed by atoms with van der Waals surface area (Å²) in [6.07, 6.45) is 0. The first-order chi connectivity index (χ1) is 8.11. The van der Waals surface area contributed by atoms with Crippen molar-refractivity contribution in [2.45, 2.75) is 13.0 Å². The van der Waals surface area contributed by atoms with Gasteiger partial charge in [-0.1, -0.05) is 15.9 Å². The lowest BCUT2D eigenvalue weighted by atomic mass is 10.0. The largest absolute Gasteiger partial charge is 0.271 e. The number of benzene rings is 1. The first-order valence-electron chi connectivity index (χ1n) is 4.95. The molecule has 0 fully saturated rings. The van der Waals surface area contributed by atoms with Crippen LogP contribution in [0.2, 0.25) is 0 Å². The van der Waals surface area contributed by atoms with Crippen LogP contribution in [0.25, 0.3) is 0 Å². The van der Waals surface area contributed by atoms with Gasteiger partial charge >= 0.3 is 0 Å². The molecule has 90 valence electrons. The Labute approximate surface area is 111 Å². The Bertz CT molecular complexity index is 529. The predicted molar refractivity (Wildman–Crippen MR) is 70.1 cm³/mol. The molecule has 0 radical (unpaired) electrons. The Hall–Kier alpha value is -0.820. The highest BCUT2D eigenvalue weighted by Crippen LogP contribution is 2.27. The summed E-state index contributed by atoms with van der Waals surface area (Å²) >= 11 is 4.83. The third-order valence-electron chi connectivity index (χ3n) is 2.37. The quantitative estimate of drug-likeness (QED) is 0.676. The normalized spacial score (nSPS) is 12.7. The van der Waals surface area contributed by atoms with E-state index in [9.17, 15) is 4.39 Å². The molecule has 2 aromatic rings. The molecule has 1 aromatic carbocycles. The number of nitrogens with two attached hydrogens (primary N) is 1. The number of aromatic nitrogens is 1. The Morgan fingerprint density at radius 1 is 1.53 bits per heavy atom. The number of thiazole rings is 1. The van der Waals surface area contributed by atoms with Gasteiger partial charge in [0, 0.05) is 15.4 Å². The van der Waals surface area contributed by atoms with Crippen LogP contribution in [0.5, 0.6) is 0 Å². The van der Waals surface area contributed by atoms with E-state index in [2.05, 4.69) is 26.3 Å². The van der Waals surface area contributed by atoms with Crippen LogP contribution in [0, 0.1) is 12.7 Å². The Morgan fingerprint density at radius 3 is 2.88 bits per heavy atom. The van der Waals surface area contributed by atoms with Crippen LogP contribution >= 0.6 is 27.3 Å². The Morgan fingerprint density at radius 2 is 2.29 bits per heavy atom. The van der Waals surface area contributed by atoms with Gasteiger partial charge in [0.05, 0.1) is 16.7 Å². The first-order valence-corrected chi connectivity index (χ1v) is 6.62. The van der Waals surface area contributed by atoms with Crippen LogP contribution in [0.1, 0.15) is 22.3 Å². The molecule has 6 heteroatoms. The van der Waals surface area contributed by atoms with Gasteiger partial charge in [-0.25, -0.2) is 14.8 Å². The minimum atomic E-state index is -0.433. The van der Waals surface area contributed by atoms with Crippen molar-refractivity contribution in [2.24, 2.45) is 5.84 Å². The number of nitrogens with one attached hydrogen (secondary N) is 1. The summed E-state index contributed by atoms with van der Waals surface area (Å²) < 4.78 is 14.6. The molecule has 0 spiro atoms. The van der Waals surface area contributed by atoms with E-state index in [1.54, 1.807) is 12.1 Å². The molecule has 1 atom stereocenters. The molecule has 0 aliphatic heterocycles. The molecule has 0 saturated carbocycles. The fraction of sp³-hybridized carbons (Fsp3) is 0.182. The van der Waals surface area contributed by atoms with Crippen molar-refractivity contribution in [3.63, 3.8) is 0 Å². The molecular formula is C11H11BrFN3S. The molecule has 0 aliphatic rings. The lowest BCUT2D eigenvalue weighted by Gasteiger charge is -2.15. The van der Waals surface area contributed by atoms with E-state index in [0.29, 0.717) is 5.56 Å². The zero-order valence-corrected chi connectivity index (χ0v) is 11.5. The number of halogens is 2. The van der Waals surface area contributed by atoms with Crippen LogP contribution in [0.4, 0.5) is 4.39 Å². The third kappa shape index (κ3) is 2.71. The highest BCUT2D eigenvalue weighted by atomic mass is 79.9. The predicted octanol–water partition coefficient (Wildman–Crippen LogP) is 2.91. The van der Waals surface area contributed by atoms with Crippen LogP contribution < -0.4 is 11.3 Å². The SMILES string of the molecule is Cc1nc(C(NN)c2cc(Br)ccc2F)cs1. The van der Waals surface area contributed by atoms with Crippen molar-refractivity contribution in [3.05, 3.63) is 50.1 Å². The van der Waals surface area contributed by atoms with Crippen molar-refractivity contribution in [3.8, 4) is 0 Å². The molecule has 3 nitrogen and oxygen atoms in total. The molecule has 0 aliphatic carbocycles. The second-order valence-corrected chi connectivity index (χ2v) is 5.53. The molecule has 0 amide bonds. The van der Waals surface area contributed by atoms with E-state index in [4.69, 9.17) is 5.84 Å². The smallest absolute Gasteiger partial charge is 0.128 e. The molecule has 1 heterocycles. The average Bonchev–Trinajstić information content (AvgIpc) is 2.71. The summed E-state index contributed by atoms with van der Waals surface area (Å²) in [5.74, 6) is 5.19. The molecule has 2 rings (SSSR count). The lowest BCUT2D eigenvalue weighted by molar-refractivity contribution is 0.553. The van der Waals surface area contributed by atoms with Crippen molar-refractivity contribution in [1.29, 1.82) is 0 Å². The maximum atomic E-state index is 13.8. The highest BCUT2D eigenvalue weighted by molar-refractivity contribution is 9.10. The monoisotopic (exact) mass is 315 g/mol. The molecule has 0 bridgehead atoms. The van der Waals surface area contributed by atoms with Gasteiger partial charge in [0.2, 0.25) is 0 Å². The molecular weight excluding hydrogens is 305 g/mol. The number of hydrogen-bond donors (Lipinski definition) is 2. The van der Waals surface area contributed by atoms with Gasteiger partial charge in [-0.15, -0.1) is 11.3 Å².